The summed E-state index contributed by atoms with van der Waals surface area (Å²) >= 11 is 1.10. The van der Waals surface area contributed by atoms with Crippen LogP contribution in [0.2, 0.25) is 0 Å². The number of anilines is 1. The maximum atomic E-state index is 12.8. The molecule has 9 heteroatoms. The van der Waals surface area contributed by atoms with Crippen molar-refractivity contribution in [3.8, 4) is 0 Å². The molecular weight excluding hydrogens is 413 g/mol. The molecule has 1 saturated heterocycles. The third-order valence-electron chi connectivity index (χ3n) is 6.29. The van der Waals surface area contributed by atoms with Crippen molar-refractivity contribution in [1.29, 1.82) is 0 Å². The smallest absolute Gasteiger partial charge is 0.355 e. The quantitative estimate of drug-likeness (QED) is 0.664. The second-order valence-corrected chi connectivity index (χ2v) is 9.75. The topological polar surface area (TPSA) is 61.9 Å². The van der Waals surface area contributed by atoms with E-state index in [-0.39, 0.29) is 15.9 Å². The predicted octanol–water partition coefficient (Wildman–Crippen LogP) is 4.33. The van der Waals surface area contributed by atoms with Gasteiger partial charge in [0.25, 0.3) is 0 Å². The van der Waals surface area contributed by atoms with Crippen LogP contribution in [0, 0.1) is 11.3 Å². The third-order valence-corrected chi connectivity index (χ3v) is 7.33. The number of aromatic amines is 1. The molecule has 1 aliphatic heterocycles. The number of hydrogen-bond donors (Lipinski definition) is 1. The van der Waals surface area contributed by atoms with Crippen molar-refractivity contribution in [3.05, 3.63) is 51.5 Å². The number of halogens is 3. The number of hydrogen-bond acceptors (Lipinski definition) is 5. The molecule has 1 N–H and O–H groups in total. The molecule has 0 aromatic carbocycles. The Labute approximate surface area is 175 Å². The Kier molecular flexibility index (Phi) is 4.61. The summed E-state index contributed by atoms with van der Waals surface area (Å²) in [7, 11) is 0. The van der Waals surface area contributed by atoms with Crippen LogP contribution in [-0.2, 0) is 12.8 Å². The van der Waals surface area contributed by atoms with Gasteiger partial charge < -0.3 is 9.88 Å². The highest BCUT2D eigenvalue weighted by atomic mass is 32.1. The molecule has 1 saturated carbocycles. The van der Waals surface area contributed by atoms with E-state index in [0.717, 1.165) is 66.9 Å². The lowest BCUT2D eigenvalue weighted by Crippen LogP contribution is -2.40. The molecule has 1 aliphatic carbocycles. The number of nitrogens with one attached hydrogen (secondary N) is 1. The standard InChI is InChI=1S/C21H21F3N4OS/c22-21(23,24)9-15-6-16-18(26-12-27-19(16)30-15)28-4-3-20(11-28)7-14(8-20)5-13-1-2-17(29)25-10-13/h1-2,6,10,12,14H,3-5,7-9,11H2,(H,25,29). The number of thiophene rings is 1. The summed E-state index contributed by atoms with van der Waals surface area (Å²) in [5, 5.41) is 0.725. The maximum absolute atomic E-state index is 12.8. The van der Waals surface area contributed by atoms with Crippen LogP contribution >= 0.6 is 11.3 Å². The number of fused-ring (bicyclic) bond motifs is 1. The summed E-state index contributed by atoms with van der Waals surface area (Å²) in [6.45, 7) is 1.74. The first-order valence-electron chi connectivity index (χ1n) is 10.0. The molecule has 3 aromatic heterocycles. The van der Waals surface area contributed by atoms with E-state index in [9.17, 15) is 18.0 Å². The van der Waals surface area contributed by atoms with Gasteiger partial charge in [0.1, 0.15) is 17.0 Å². The molecule has 5 rings (SSSR count). The molecule has 0 unspecified atom stereocenters. The number of nitrogens with zero attached hydrogens (tertiary/aromatic N) is 3. The first-order valence-corrected chi connectivity index (χ1v) is 10.8. The Morgan fingerprint density at radius 2 is 2.10 bits per heavy atom. The molecule has 2 aliphatic rings. The van der Waals surface area contributed by atoms with Crippen molar-refractivity contribution in [3.63, 3.8) is 0 Å². The van der Waals surface area contributed by atoms with Crippen LogP contribution in [-0.4, -0.2) is 34.2 Å². The van der Waals surface area contributed by atoms with Gasteiger partial charge in [-0.05, 0) is 48.6 Å². The largest absolute Gasteiger partial charge is 0.393 e. The van der Waals surface area contributed by atoms with E-state index in [0.29, 0.717) is 10.7 Å². The lowest BCUT2D eigenvalue weighted by Gasteiger charge is -2.45. The van der Waals surface area contributed by atoms with Crippen molar-refractivity contribution in [2.45, 2.75) is 38.3 Å². The van der Waals surface area contributed by atoms with E-state index in [1.54, 1.807) is 18.3 Å². The van der Waals surface area contributed by atoms with E-state index in [1.165, 1.54) is 6.33 Å². The number of pyridine rings is 1. The molecule has 5 nitrogen and oxygen atoms in total. The molecule has 158 valence electrons. The van der Waals surface area contributed by atoms with Crippen LogP contribution in [0.15, 0.2) is 35.5 Å². The number of aromatic nitrogens is 3. The molecule has 0 bridgehead atoms. The Morgan fingerprint density at radius 1 is 1.27 bits per heavy atom. The van der Waals surface area contributed by atoms with Crippen LogP contribution in [0.1, 0.15) is 29.7 Å². The predicted molar refractivity (Wildman–Crippen MR) is 110 cm³/mol. The van der Waals surface area contributed by atoms with Crippen molar-refractivity contribution in [2.24, 2.45) is 11.3 Å². The molecule has 30 heavy (non-hydrogen) atoms. The normalized spacial score (nSPS) is 24.0. The van der Waals surface area contributed by atoms with E-state index < -0.39 is 12.6 Å². The zero-order chi connectivity index (χ0) is 20.9. The molecule has 0 radical (unpaired) electrons. The second kappa shape index (κ2) is 7.08. The molecule has 0 amide bonds. The number of H-pyrrole nitrogens is 1. The average molecular weight is 434 g/mol. The fourth-order valence-corrected chi connectivity index (χ4v) is 6.11. The minimum absolute atomic E-state index is 0.0850. The zero-order valence-corrected chi connectivity index (χ0v) is 17.0. The van der Waals surface area contributed by atoms with Crippen LogP contribution < -0.4 is 10.5 Å². The highest BCUT2D eigenvalue weighted by Crippen LogP contribution is 2.53. The summed E-state index contributed by atoms with van der Waals surface area (Å²) in [5.41, 5.74) is 1.32. The molecule has 0 atom stereocenters. The second-order valence-electron chi connectivity index (χ2n) is 8.63. The first-order chi connectivity index (χ1) is 14.3. The van der Waals surface area contributed by atoms with Crippen molar-refractivity contribution < 1.29 is 13.2 Å². The van der Waals surface area contributed by atoms with Gasteiger partial charge in [0.05, 0.1) is 11.8 Å². The number of alkyl halides is 3. The van der Waals surface area contributed by atoms with Crippen LogP contribution in [0.4, 0.5) is 19.0 Å². The monoisotopic (exact) mass is 434 g/mol. The Morgan fingerprint density at radius 3 is 2.83 bits per heavy atom. The third kappa shape index (κ3) is 3.82. The lowest BCUT2D eigenvalue weighted by molar-refractivity contribution is -0.126. The summed E-state index contributed by atoms with van der Waals surface area (Å²) < 4.78 is 38.3. The minimum atomic E-state index is -4.22. The molecule has 3 aromatic rings. The van der Waals surface area contributed by atoms with Gasteiger partial charge in [-0.3, -0.25) is 4.79 Å². The Balaban J connectivity index is 1.28. The van der Waals surface area contributed by atoms with Crippen LogP contribution in [0.5, 0.6) is 0 Å². The maximum Gasteiger partial charge on any atom is 0.393 e. The van der Waals surface area contributed by atoms with E-state index in [2.05, 4.69) is 19.9 Å². The number of rotatable bonds is 4. The fourth-order valence-electron chi connectivity index (χ4n) is 5.09. The van der Waals surface area contributed by atoms with Crippen LogP contribution in [0.25, 0.3) is 10.2 Å². The summed E-state index contributed by atoms with van der Waals surface area (Å²) in [4.78, 5) is 25.6. The Hall–Kier alpha value is -2.42. The highest BCUT2D eigenvalue weighted by molar-refractivity contribution is 7.18. The summed E-state index contributed by atoms with van der Waals surface area (Å²) in [5.74, 6) is 1.35. The van der Waals surface area contributed by atoms with Crippen LogP contribution in [0.3, 0.4) is 0 Å². The lowest BCUT2D eigenvalue weighted by atomic mass is 9.60. The van der Waals surface area contributed by atoms with Gasteiger partial charge in [-0.15, -0.1) is 11.3 Å². The van der Waals surface area contributed by atoms with Crippen molar-refractivity contribution in [2.75, 3.05) is 18.0 Å². The van der Waals surface area contributed by atoms with Crippen molar-refractivity contribution >= 4 is 27.4 Å². The minimum Gasteiger partial charge on any atom is -0.355 e. The van der Waals surface area contributed by atoms with E-state index >= 15 is 0 Å². The van der Waals surface area contributed by atoms with Gasteiger partial charge in [0, 0.05) is 30.2 Å². The van der Waals surface area contributed by atoms with Gasteiger partial charge in [-0.25, -0.2) is 9.97 Å². The first kappa shape index (κ1) is 19.5. The van der Waals surface area contributed by atoms with E-state index in [4.69, 9.17) is 0 Å². The van der Waals surface area contributed by atoms with Crippen molar-refractivity contribution in [1.82, 2.24) is 15.0 Å². The Bertz CT molecular complexity index is 1110. The van der Waals surface area contributed by atoms with Gasteiger partial charge in [0.2, 0.25) is 5.56 Å². The van der Waals surface area contributed by atoms with Gasteiger partial charge in [0.15, 0.2) is 0 Å². The van der Waals surface area contributed by atoms with Gasteiger partial charge in [-0.1, -0.05) is 6.07 Å². The molecule has 2 fully saturated rings. The highest BCUT2D eigenvalue weighted by Gasteiger charge is 2.48. The summed E-state index contributed by atoms with van der Waals surface area (Å²) in [6, 6.07) is 5.06. The SMILES string of the molecule is O=c1ccc(CC2CC3(CCN(c4ncnc5sc(CC(F)(F)F)cc45)C3)C2)c[nH]1. The fraction of sp³-hybridized carbons (Fsp3) is 0.476. The van der Waals surface area contributed by atoms with E-state index in [1.807, 2.05) is 6.07 Å². The van der Waals surface area contributed by atoms with Gasteiger partial charge >= 0.3 is 6.18 Å². The van der Waals surface area contributed by atoms with Gasteiger partial charge in [-0.2, -0.15) is 13.2 Å². The summed E-state index contributed by atoms with van der Waals surface area (Å²) in [6.07, 6.45) is 2.38. The molecule has 1 spiro atoms. The molecular formula is C21H21F3N4OS. The zero-order valence-electron chi connectivity index (χ0n) is 16.2. The average Bonchev–Trinajstić information content (AvgIpc) is 3.25. The molecule has 4 heterocycles.